The standard InChI is InChI=1S/C20H43N/c1-6-8-9-10-11-12-13-14-15-16-17-19(21-7-2)18-20(3,4)5/h19,21H,6-18H2,1-5H3. The van der Waals surface area contributed by atoms with E-state index in [9.17, 15) is 0 Å². The molecule has 21 heavy (non-hydrogen) atoms. The summed E-state index contributed by atoms with van der Waals surface area (Å²) in [4.78, 5) is 0. The fourth-order valence-corrected chi connectivity index (χ4v) is 3.18. The highest BCUT2D eigenvalue weighted by Gasteiger charge is 2.17. The molecular formula is C20H43N. The van der Waals surface area contributed by atoms with E-state index in [4.69, 9.17) is 0 Å². The lowest BCUT2D eigenvalue weighted by Crippen LogP contribution is -2.32. The molecule has 0 fully saturated rings. The molecule has 0 aliphatic heterocycles. The van der Waals surface area contributed by atoms with Crippen LogP contribution in [0.15, 0.2) is 0 Å². The van der Waals surface area contributed by atoms with Gasteiger partial charge in [0.15, 0.2) is 0 Å². The maximum atomic E-state index is 3.67. The Balaban J connectivity index is 3.45. The van der Waals surface area contributed by atoms with Crippen LogP contribution in [0, 0.1) is 5.41 Å². The van der Waals surface area contributed by atoms with Gasteiger partial charge in [-0.05, 0) is 24.8 Å². The maximum absolute atomic E-state index is 3.67. The molecule has 0 heterocycles. The van der Waals surface area contributed by atoms with E-state index in [-0.39, 0.29) is 0 Å². The molecule has 0 aliphatic carbocycles. The molecule has 0 spiro atoms. The summed E-state index contributed by atoms with van der Waals surface area (Å²) in [7, 11) is 0. The first-order valence-electron chi connectivity index (χ1n) is 9.73. The van der Waals surface area contributed by atoms with Crippen molar-refractivity contribution in [1.29, 1.82) is 0 Å². The van der Waals surface area contributed by atoms with E-state index in [1.54, 1.807) is 0 Å². The molecular weight excluding hydrogens is 254 g/mol. The Morgan fingerprint density at radius 3 is 1.62 bits per heavy atom. The second-order valence-electron chi connectivity index (χ2n) is 7.99. The van der Waals surface area contributed by atoms with Crippen LogP contribution in [0.25, 0.3) is 0 Å². The van der Waals surface area contributed by atoms with Gasteiger partial charge in [-0.15, -0.1) is 0 Å². The summed E-state index contributed by atoms with van der Waals surface area (Å²) in [5.74, 6) is 0. The minimum Gasteiger partial charge on any atom is -0.314 e. The Morgan fingerprint density at radius 2 is 1.19 bits per heavy atom. The maximum Gasteiger partial charge on any atom is 0.00719 e. The predicted octanol–water partition coefficient (Wildman–Crippen LogP) is 6.71. The summed E-state index contributed by atoms with van der Waals surface area (Å²) in [5, 5.41) is 3.67. The van der Waals surface area contributed by atoms with Crippen molar-refractivity contribution in [2.24, 2.45) is 5.41 Å². The zero-order chi connectivity index (χ0) is 16.0. The monoisotopic (exact) mass is 297 g/mol. The van der Waals surface area contributed by atoms with Gasteiger partial charge < -0.3 is 5.32 Å². The third-order valence-electron chi connectivity index (χ3n) is 4.26. The molecule has 1 nitrogen and oxygen atoms in total. The average molecular weight is 298 g/mol. The molecule has 128 valence electrons. The van der Waals surface area contributed by atoms with E-state index in [1.165, 1.54) is 77.0 Å². The van der Waals surface area contributed by atoms with Crippen LogP contribution >= 0.6 is 0 Å². The molecule has 0 saturated heterocycles. The third-order valence-corrected chi connectivity index (χ3v) is 4.26. The van der Waals surface area contributed by atoms with Gasteiger partial charge in [-0.2, -0.15) is 0 Å². The fraction of sp³-hybridized carbons (Fsp3) is 1.00. The van der Waals surface area contributed by atoms with Gasteiger partial charge in [0.25, 0.3) is 0 Å². The van der Waals surface area contributed by atoms with Gasteiger partial charge in [-0.3, -0.25) is 0 Å². The van der Waals surface area contributed by atoms with E-state index >= 15 is 0 Å². The minimum atomic E-state index is 0.450. The molecule has 0 amide bonds. The van der Waals surface area contributed by atoms with Crippen LogP contribution in [0.3, 0.4) is 0 Å². The second-order valence-corrected chi connectivity index (χ2v) is 7.99. The Morgan fingerprint density at radius 1 is 0.714 bits per heavy atom. The smallest absolute Gasteiger partial charge is 0.00719 e. The normalized spacial score (nSPS) is 13.6. The van der Waals surface area contributed by atoms with Crippen LogP contribution in [0.2, 0.25) is 0 Å². The van der Waals surface area contributed by atoms with E-state index in [0.717, 1.165) is 12.6 Å². The molecule has 0 aromatic rings. The molecule has 0 radical (unpaired) electrons. The van der Waals surface area contributed by atoms with Gasteiger partial charge in [0.2, 0.25) is 0 Å². The number of rotatable bonds is 14. The van der Waals surface area contributed by atoms with Crippen LogP contribution in [0.1, 0.15) is 112 Å². The molecule has 0 bridgehead atoms. The van der Waals surface area contributed by atoms with Gasteiger partial charge in [0.05, 0.1) is 0 Å². The van der Waals surface area contributed by atoms with Gasteiger partial charge in [-0.1, -0.05) is 98.8 Å². The van der Waals surface area contributed by atoms with E-state index in [1.807, 2.05) is 0 Å². The average Bonchev–Trinajstić information content (AvgIpc) is 2.39. The predicted molar refractivity (Wildman–Crippen MR) is 98.0 cm³/mol. The highest BCUT2D eigenvalue weighted by Crippen LogP contribution is 2.23. The van der Waals surface area contributed by atoms with Crippen LogP contribution in [0.4, 0.5) is 0 Å². The van der Waals surface area contributed by atoms with Crippen LogP contribution in [-0.2, 0) is 0 Å². The lowest BCUT2D eigenvalue weighted by Gasteiger charge is -2.26. The summed E-state index contributed by atoms with van der Waals surface area (Å²) in [5.41, 5.74) is 0.450. The number of hydrogen-bond acceptors (Lipinski definition) is 1. The minimum absolute atomic E-state index is 0.450. The first-order valence-corrected chi connectivity index (χ1v) is 9.73. The summed E-state index contributed by atoms with van der Waals surface area (Å²) < 4.78 is 0. The Labute approximate surface area is 135 Å². The van der Waals surface area contributed by atoms with Crippen molar-refractivity contribution >= 4 is 0 Å². The first kappa shape index (κ1) is 21.0. The highest BCUT2D eigenvalue weighted by atomic mass is 14.9. The van der Waals surface area contributed by atoms with E-state index in [0.29, 0.717) is 5.41 Å². The lowest BCUT2D eigenvalue weighted by atomic mass is 9.86. The zero-order valence-electron chi connectivity index (χ0n) is 15.8. The van der Waals surface area contributed by atoms with Gasteiger partial charge in [-0.25, -0.2) is 0 Å². The van der Waals surface area contributed by atoms with Gasteiger partial charge in [0, 0.05) is 6.04 Å². The Hall–Kier alpha value is -0.0400. The summed E-state index contributed by atoms with van der Waals surface area (Å²) >= 11 is 0. The number of nitrogens with one attached hydrogen (secondary N) is 1. The molecule has 1 unspecified atom stereocenters. The van der Waals surface area contributed by atoms with Crippen molar-refractivity contribution in [1.82, 2.24) is 5.32 Å². The molecule has 0 saturated carbocycles. The highest BCUT2D eigenvalue weighted by molar-refractivity contribution is 4.74. The van der Waals surface area contributed by atoms with Crippen LogP contribution < -0.4 is 5.32 Å². The molecule has 0 aromatic heterocycles. The number of hydrogen-bond donors (Lipinski definition) is 1. The van der Waals surface area contributed by atoms with Crippen molar-refractivity contribution in [3.05, 3.63) is 0 Å². The molecule has 0 rings (SSSR count). The van der Waals surface area contributed by atoms with Crippen molar-refractivity contribution < 1.29 is 0 Å². The fourth-order valence-electron chi connectivity index (χ4n) is 3.18. The SMILES string of the molecule is CCCCCCCCCCCCC(CC(C)(C)C)NCC. The third kappa shape index (κ3) is 16.2. The van der Waals surface area contributed by atoms with E-state index in [2.05, 4.69) is 39.9 Å². The quantitative estimate of drug-likeness (QED) is 0.351. The topological polar surface area (TPSA) is 12.0 Å². The summed E-state index contributed by atoms with van der Waals surface area (Å²) in [6, 6.07) is 0.726. The first-order chi connectivity index (χ1) is 9.99. The number of unbranched alkanes of at least 4 members (excludes halogenated alkanes) is 9. The van der Waals surface area contributed by atoms with Crippen molar-refractivity contribution in [2.75, 3.05) is 6.54 Å². The van der Waals surface area contributed by atoms with Gasteiger partial charge >= 0.3 is 0 Å². The zero-order valence-corrected chi connectivity index (χ0v) is 15.8. The summed E-state index contributed by atoms with van der Waals surface area (Å²) in [6.07, 6.45) is 17.0. The largest absolute Gasteiger partial charge is 0.314 e. The molecule has 0 aliphatic rings. The second kappa shape index (κ2) is 13.6. The lowest BCUT2D eigenvalue weighted by molar-refractivity contribution is 0.296. The van der Waals surface area contributed by atoms with Crippen LogP contribution in [0.5, 0.6) is 0 Å². The van der Waals surface area contributed by atoms with Crippen molar-refractivity contribution in [3.8, 4) is 0 Å². The van der Waals surface area contributed by atoms with Gasteiger partial charge in [0.1, 0.15) is 0 Å². The molecule has 0 aromatic carbocycles. The Bertz CT molecular complexity index is 204. The Kier molecular flexibility index (Phi) is 13.6. The molecule has 1 N–H and O–H groups in total. The summed E-state index contributed by atoms with van der Waals surface area (Å²) in [6.45, 7) is 12.7. The van der Waals surface area contributed by atoms with E-state index < -0.39 is 0 Å². The van der Waals surface area contributed by atoms with Crippen molar-refractivity contribution in [2.45, 2.75) is 118 Å². The molecule has 1 atom stereocenters. The van der Waals surface area contributed by atoms with Crippen LogP contribution in [-0.4, -0.2) is 12.6 Å². The van der Waals surface area contributed by atoms with Crippen molar-refractivity contribution in [3.63, 3.8) is 0 Å². The molecule has 1 heteroatoms.